The highest BCUT2D eigenvalue weighted by Gasteiger charge is 2.22. The Morgan fingerprint density at radius 2 is 2.00 bits per heavy atom. The Morgan fingerprint density at radius 3 is 2.81 bits per heavy atom. The highest BCUT2D eigenvalue weighted by molar-refractivity contribution is 6.30. The van der Waals surface area contributed by atoms with E-state index < -0.39 is 0 Å². The number of pyridine rings is 1. The topological polar surface area (TPSA) is 50.3 Å². The smallest absolute Gasteiger partial charge is 0.138 e. The van der Waals surface area contributed by atoms with Gasteiger partial charge in [-0.25, -0.2) is 9.37 Å². The standard InChI is InChI=1S/C26H19ClFN3O/c1-15(13-29)26-21-5-3-17(9-18(21)14-32-24-12-20(28)4-6-22(24)26)10-23-16(2)30-25-11-19(27)7-8-31(23)25/h3-9,11-12H,10,14H2,1-2H3/b26-15+. The van der Waals surface area contributed by atoms with Crippen molar-refractivity contribution in [3.05, 3.63) is 105 Å². The highest BCUT2D eigenvalue weighted by atomic mass is 35.5. The monoisotopic (exact) mass is 443 g/mol. The summed E-state index contributed by atoms with van der Waals surface area (Å²) in [6.07, 6.45) is 2.61. The lowest BCUT2D eigenvalue weighted by Crippen LogP contribution is -2.01. The van der Waals surface area contributed by atoms with E-state index >= 15 is 0 Å². The molecule has 2 aromatic heterocycles. The van der Waals surface area contributed by atoms with Crippen molar-refractivity contribution in [2.24, 2.45) is 0 Å². The van der Waals surface area contributed by atoms with Crippen molar-refractivity contribution in [1.29, 1.82) is 5.26 Å². The van der Waals surface area contributed by atoms with Crippen LogP contribution in [0, 0.1) is 24.1 Å². The Bertz CT molecular complexity index is 1460. The van der Waals surface area contributed by atoms with Gasteiger partial charge in [0, 0.05) is 52.2 Å². The van der Waals surface area contributed by atoms with Crippen molar-refractivity contribution in [2.75, 3.05) is 0 Å². The number of nitriles is 1. The van der Waals surface area contributed by atoms with Gasteiger partial charge >= 0.3 is 0 Å². The molecule has 0 unspecified atom stereocenters. The molecule has 1 aliphatic heterocycles. The van der Waals surface area contributed by atoms with Crippen LogP contribution in [0.1, 0.15) is 40.6 Å². The minimum absolute atomic E-state index is 0.295. The summed E-state index contributed by atoms with van der Waals surface area (Å²) in [7, 11) is 0. The number of imidazole rings is 1. The Kier molecular flexibility index (Phi) is 4.96. The number of nitrogens with zero attached hydrogens (tertiary/aromatic N) is 3. The fourth-order valence-corrected chi connectivity index (χ4v) is 4.45. The molecule has 1 aliphatic rings. The summed E-state index contributed by atoms with van der Waals surface area (Å²) in [6.45, 7) is 4.06. The molecule has 0 spiro atoms. The quantitative estimate of drug-likeness (QED) is 0.343. The zero-order valence-corrected chi connectivity index (χ0v) is 18.4. The molecule has 5 rings (SSSR count). The van der Waals surface area contributed by atoms with Gasteiger partial charge in [0.2, 0.25) is 0 Å². The third-order valence-corrected chi connectivity index (χ3v) is 6.07. The number of aromatic nitrogens is 2. The molecule has 0 saturated carbocycles. The van der Waals surface area contributed by atoms with Crippen LogP contribution >= 0.6 is 11.6 Å². The molecule has 0 atom stereocenters. The van der Waals surface area contributed by atoms with Crippen LogP contribution in [0.5, 0.6) is 5.75 Å². The summed E-state index contributed by atoms with van der Waals surface area (Å²) in [5.74, 6) is 0.0782. The van der Waals surface area contributed by atoms with Gasteiger partial charge in [-0.2, -0.15) is 5.26 Å². The van der Waals surface area contributed by atoms with Crippen molar-refractivity contribution in [2.45, 2.75) is 26.9 Å². The molecular weight excluding hydrogens is 425 g/mol. The Morgan fingerprint density at radius 1 is 1.19 bits per heavy atom. The summed E-state index contributed by atoms with van der Waals surface area (Å²) in [6, 6.07) is 16.6. The van der Waals surface area contributed by atoms with Crippen LogP contribution in [0.3, 0.4) is 0 Å². The number of aryl methyl sites for hydroxylation is 1. The minimum atomic E-state index is -0.368. The number of rotatable bonds is 2. The summed E-state index contributed by atoms with van der Waals surface area (Å²) < 4.78 is 21.9. The first-order valence-electron chi connectivity index (χ1n) is 10.2. The molecule has 4 nitrogen and oxygen atoms in total. The lowest BCUT2D eigenvalue weighted by atomic mass is 9.89. The summed E-state index contributed by atoms with van der Waals surface area (Å²) in [5, 5.41) is 10.3. The molecule has 0 fully saturated rings. The Labute approximate surface area is 190 Å². The van der Waals surface area contributed by atoms with Crippen molar-refractivity contribution < 1.29 is 9.13 Å². The van der Waals surface area contributed by atoms with Gasteiger partial charge in [0.25, 0.3) is 0 Å². The molecule has 0 aliphatic carbocycles. The average Bonchev–Trinajstić information content (AvgIpc) is 2.98. The second-order valence-corrected chi connectivity index (χ2v) is 8.36. The summed E-state index contributed by atoms with van der Waals surface area (Å²) in [5.41, 5.74) is 7.90. The van der Waals surface area contributed by atoms with Gasteiger partial charge in [-0.05, 0) is 48.7 Å². The van der Waals surface area contributed by atoms with Gasteiger partial charge in [0.1, 0.15) is 23.8 Å². The third kappa shape index (κ3) is 3.43. The minimum Gasteiger partial charge on any atom is -0.488 e. The van der Waals surface area contributed by atoms with E-state index in [-0.39, 0.29) is 5.82 Å². The number of ether oxygens (including phenoxy) is 1. The predicted octanol–water partition coefficient (Wildman–Crippen LogP) is 6.26. The van der Waals surface area contributed by atoms with E-state index in [2.05, 4.69) is 23.2 Å². The van der Waals surface area contributed by atoms with Crippen LogP contribution in [0.2, 0.25) is 5.02 Å². The van der Waals surface area contributed by atoms with Crippen LogP contribution in [-0.4, -0.2) is 9.38 Å². The van der Waals surface area contributed by atoms with Gasteiger partial charge in [0.15, 0.2) is 0 Å². The zero-order chi connectivity index (χ0) is 22.4. The largest absolute Gasteiger partial charge is 0.488 e. The second-order valence-electron chi connectivity index (χ2n) is 7.93. The van der Waals surface area contributed by atoms with Gasteiger partial charge in [-0.3, -0.25) is 0 Å². The maximum atomic E-state index is 13.9. The molecule has 3 heterocycles. The Hall–Kier alpha value is -3.62. The van der Waals surface area contributed by atoms with Gasteiger partial charge in [-0.1, -0.05) is 29.8 Å². The first kappa shape index (κ1) is 20.3. The lowest BCUT2D eigenvalue weighted by molar-refractivity contribution is 0.305. The molecule has 158 valence electrons. The third-order valence-electron chi connectivity index (χ3n) is 5.84. The van der Waals surface area contributed by atoms with Crippen LogP contribution < -0.4 is 4.74 Å². The molecule has 0 bridgehead atoms. The number of allylic oxidation sites excluding steroid dienone is 1. The summed E-state index contributed by atoms with van der Waals surface area (Å²) >= 11 is 6.12. The van der Waals surface area contributed by atoms with E-state index in [1.807, 2.05) is 35.7 Å². The van der Waals surface area contributed by atoms with Crippen molar-refractivity contribution in [1.82, 2.24) is 9.38 Å². The van der Waals surface area contributed by atoms with Crippen LogP contribution in [-0.2, 0) is 13.0 Å². The molecular formula is C26H19ClFN3O. The fourth-order valence-electron chi connectivity index (χ4n) is 4.30. The number of hydrogen-bond donors (Lipinski definition) is 0. The highest BCUT2D eigenvalue weighted by Crippen LogP contribution is 2.39. The average molecular weight is 444 g/mol. The van der Waals surface area contributed by atoms with Gasteiger partial charge < -0.3 is 9.14 Å². The van der Waals surface area contributed by atoms with E-state index in [4.69, 9.17) is 16.3 Å². The van der Waals surface area contributed by atoms with Gasteiger partial charge in [-0.15, -0.1) is 0 Å². The maximum absolute atomic E-state index is 13.9. The van der Waals surface area contributed by atoms with Gasteiger partial charge in [0.05, 0.1) is 11.8 Å². The zero-order valence-electron chi connectivity index (χ0n) is 17.6. The second kappa shape index (κ2) is 7.81. The molecule has 0 saturated heterocycles. The number of hydrogen-bond acceptors (Lipinski definition) is 3. The number of benzene rings is 2. The van der Waals surface area contributed by atoms with E-state index in [1.54, 1.807) is 13.0 Å². The van der Waals surface area contributed by atoms with E-state index in [0.717, 1.165) is 44.9 Å². The normalized spacial score (nSPS) is 14.2. The molecule has 0 amide bonds. The molecule has 4 aromatic rings. The molecule has 0 radical (unpaired) electrons. The fraction of sp³-hybridized carbons (Fsp3) is 0.154. The SMILES string of the molecule is C/C(C#N)=C1/c2ccc(Cc3c(C)nc4cc(Cl)ccn34)cc2COc2cc(F)ccc21. The number of fused-ring (bicyclic) bond motifs is 3. The maximum Gasteiger partial charge on any atom is 0.138 e. The molecule has 32 heavy (non-hydrogen) atoms. The van der Waals surface area contributed by atoms with Crippen molar-refractivity contribution in [3.63, 3.8) is 0 Å². The van der Waals surface area contributed by atoms with E-state index in [1.165, 1.54) is 12.1 Å². The molecule has 6 heteroatoms. The number of halogens is 2. The first-order valence-corrected chi connectivity index (χ1v) is 10.6. The van der Waals surface area contributed by atoms with Crippen LogP contribution in [0.15, 0.2) is 60.3 Å². The molecule has 0 N–H and O–H groups in total. The lowest BCUT2D eigenvalue weighted by Gasteiger charge is -2.13. The van der Waals surface area contributed by atoms with Crippen LogP contribution in [0.4, 0.5) is 4.39 Å². The predicted molar refractivity (Wildman–Crippen MR) is 122 cm³/mol. The first-order chi connectivity index (χ1) is 15.4. The van der Waals surface area contributed by atoms with E-state index in [0.29, 0.717) is 29.4 Å². The Balaban J connectivity index is 1.60. The van der Waals surface area contributed by atoms with E-state index in [9.17, 15) is 9.65 Å². The van der Waals surface area contributed by atoms with Crippen LogP contribution in [0.25, 0.3) is 11.2 Å². The van der Waals surface area contributed by atoms with Crippen molar-refractivity contribution in [3.8, 4) is 11.8 Å². The molecule has 2 aromatic carbocycles. The van der Waals surface area contributed by atoms with Crippen molar-refractivity contribution >= 4 is 22.8 Å². The summed E-state index contributed by atoms with van der Waals surface area (Å²) in [4.78, 5) is 4.63.